The third-order valence-corrected chi connectivity index (χ3v) is 5.65. The lowest BCUT2D eigenvalue weighted by molar-refractivity contribution is -0.125. The second-order valence-electron chi connectivity index (χ2n) is 7.44. The highest BCUT2D eigenvalue weighted by atomic mass is 16.5. The number of carbonyl (C=O) groups excluding carboxylic acids is 1. The van der Waals surface area contributed by atoms with Gasteiger partial charge in [-0.05, 0) is 45.8 Å². The van der Waals surface area contributed by atoms with E-state index in [-0.39, 0.29) is 24.0 Å². The zero-order chi connectivity index (χ0) is 16.2. The summed E-state index contributed by atoms with van der Waals surface area (Å²) < 4.78 is 5.72. The summed E-state index contributed by atoms with van der Waals surface area (Å²) in [7, 11) is 2.15. The molecule has 132 valence electrons. The molecule has 3 N–H and O–H groups in total. The Hall–Kier alpha value is -0.690. The third kappa shape index (κ3) is 4.44. The van der Waals surface area contributed by atoms with Crippen LogP contribution >= 0.6 is 0 Å². The number of aliphatic hydroxyl groups excluding tert-OH is 1. The van der Waals surface area contributed by atoms with Crippen LogP contribution in [0.5, 0.6) is 0 Å². The topological polar surface area (TPSA) is 73.8 Å². The lowest BCUT2D eigenvalue weighted by Crippen LogP contribution is -2.51. The minimum absolute atomic E-state index is 0.0169. The summed E-state index contributed by atoms with van der Waals surface area (Å²) in [6, 6.07) is 0.443. The van der Waals surface area contributed by atoms with Crippen molar-refractivity contribution in [1.82, 2.24) is 15.5 Å². The maximum Gasteiger partial charge on any atom is 0.223 e. The number of nitrogens with zero attached hydrogens (tertiary/aromatic N) is 1. The first-order chi connectivity index (χ1) is 11.1. The van der Waals surface area contributed by atoms with Gasteiger partial charge in [-0.25, -0.2) is 0 Å². The van der Waals surface area contributed by atoms with Crippen molar-refractivity contribution >= 4 is 5.91 Å². The van der Waals surface area contributed by atoms with Gasteiger partial charge in [0.1, 0.15) is 6.10 Å². The van der Waals surface area contributed by atoms with E-state index in [1.54, 1.807) is 0 Å². The number of nitrogens with one attached hydrogen (secondary N) is 2. The van der Waals surface area contributed by atoms with Crippen molar-refractivity contribution in [2.75, 3.05) is 33.3 Å². The van der Waals surface area contributed by atoms with Gasteiger partial charge >= 0.3 is 0 Å². The van der Waals surface area contributed by atoms with E-state index in [4.69, 9.17) is 4.74 Å². The molecule has 3 rings (SSSR count). The van der Waals surface area contributed by atoms with Crippen molar-refractivity contribution < 1.29 is 14.6 Å². The third-order valence-electron chi connectivity index (χ3n) is 5.65. The van der Waals surface area contributed by atoms with Gasteiger partial charge in [-0.1, -0.05) is 12.8 Å². The molecule has 6 heteroatoms. The van der Waals surface area contributed by atoms with E-state index in [1.807, 2.05) is 0 Å². The fourth-order valence-electron chi connectivity index (χ4n) is 4.02. The standard InChI is InChI=1S/C17H31N3O3/c1-20-8-6-13(7-9-20)19-14-11-23-15(16(14)21)10-18-17(22)12-4-2-3-5-12/h12-16,19,21H,2-11H2,1H3,(H,18,22). The lowest BCUT2D eigenvalue weighted by Gasteiger charge is -2.32. The van der Waals surface area contributed by atoms with Gasteiger partial charge in [0.05, 0.1) is 18.8 Å². The van der Waals surface area contributed by atoms with E-state index in [1.165, 1.54) is 0 Å². The minimum Gasteiger partial charge on any atom is -0.389 e. The molecule has 1 amide bonds. The molecule has 0 bridgehead atoms. The molecule has 1 aliphatic carbocycles. The Bertz CT molecular complexity index is 393. The molecule has 2 saturated heterocycles. The highest BCUT2D eigenvalue weighted by Gasteiger charge is 2.37. The van der Waals surface area contributed by atoms with Crippen LogP contribution in [-0.4, -0.2) is 73.5 Å². The second-order valence-corrected chi connectivity index (χ2v) is 7.44. The fraction of sp³-hybridized carbons (Fsp3) is 0.941. The van der Waals surface area contributed by atoms with Gasteiger partial charge in [-0.15, -0.1) is 0 Å². The summed E-state index contributed by atoms with van der Waals surface area (Å²) >= 11 is 0. The molecular formula is C17H31N3O3. The predicted molar refractivity (Wildman–Crippen MR) is 88.2 cm³/mol. The highest BCUT2D eigenvalue weighted by Crippen LogP contribution is 2.25. The number of hydrogen-bond donors (Lipinski definition) is 3. The summed E-state index contributed by atoms with van der Waals surface area (Å²) in [5.41, 5.74) is 0. The molecule has 3 aliphatic rings. The van der Waals surface area contributed by atoms with Crippen molar-refractivity contribution in [3.05, 3.63) is 0 Å². The van der Waals surface area contributed by atoms with Gasteiger partial charge < -0.3 is 25.4 Å². The molecule has 0 aromatic heterocycles. The summed E-state index contributed by atoms with van der Waals surface area (Å²) in [6.07, 6.45) is 5.71. The number of piperidine rings is 1. The van der Waals surface area contributed by atoms with Gasteiger partial charge in [0, 0.05) is 18.5 Å². The average molecular weight is 325 g/mol. The van der Waals surface area contributed by atoms with Crippen LogP contribution in [0.3, 0.4) is 0 Å². The Morgan fingerprint density at radius 3 is 2.61 bits per heavy atom. The first-order valence-electron chi connectivity index (χ1n) is 9.15. The number of amides is 1. The van der Waals surface area contributed by atoms with E-state index in [9.17, 15) is 9.90 Å². The van der Waals surface area contributed by atoms with Crippen molar-refractivity contribution in [1.29, 1.82) is 0 Å². The number of rotatable bonds is 5. The average Bonchev–Trinajstić information content (AvgIpc) is 3.19. The van der Waals surface area contributed by atoms with E-state index >= 15 is 0 Å². The number of ether oxygens (including phenoxy) is 1. The molecule has 3 unspecified atom stereocenters. The Kier molecular flexibility index (Phi) is 5.91. The zero-order valence-corrected chi connectivity index (χ0v) is 14.2. The van der Waals surface area contributed by atoms with Gasteiger partial charge in [0.15, 0.2) is 0 Å². The molecule has 1 saturated carbocycles. The summed E-state index contributed by atoms with van der Waals surface area (Å²) in [5, 5.41) is 17.0. The first kappa shape index (κ1) is 17.1. The van der Waals surface area contributed by atoms with Crippen LogP contribution in [0.25, 0.3) is 0 Å². The molecule has 0 radical (unpaired) electrons. The number of aliphatic hydroxyl groups is 1. The van der Waals surface area contributed by atoms with Crippen molar-refractivity contribution in [3.8, 4) is 0 Å². The highest BCUT2D eigenvalue weighted by molar-refractivity contribution is 5.78. The van der Waals surface area contributed by atoms with Crippen molar-refractivity contribution in [2.45, 2.75) is 62.8 Å². The van der Waals surface area contributed by atoms with Crippen LogP contribution in [0.4, 0.5) is 0 Å². The Morgan fingerprint density at radius 1 is 1.22 bits per heavy atom. The minimum atomic E-state index is -0.543. The number of likely N-dealkylation sites (tertiary alicyclic amines) is 1. The molecule has 6 nitrogen and oxygen atoms in total. The van der Waals surface area contributed by atoms with E-state index in [0.29, 0.717) is 19.2 Å². The lowest BCUT2D eigenvalue weighted by atomic mass is 10.0. The molecule has 0 aromatic rings. The molecule has 23 heavy (non-hydrogen) atoms. The van der Waals surface area contributed by atoms with Crippen LogP contribution < -0.4 is 10.6 Å². The first-order valence-corrected chi connectivity index (χ1v) is 9.15. The molecule has 3 atom stereocenters. The van der Waals surface area contributed by atoms with E-state index < -0.39 is 6.10 Å². The van der Waals surface area contributed by atoms with Gasteiger partial charge in [-0.2, -0.15) is 0 Å². The van der Waals surface area contributed by atoms with E-state index in [2.05, 4.69) is 22.6 Å². The SMILES string of the molecule is CN1CCC(NC2COC(CNC(=O)C3CCCC3)C2O)CC1. The Balaban J connectivity index is 1.39. The van der Waals surface area contributed by atoms with Crippen LogP contribution in [-0.2, 0) is 9.53 Å². The van der Waals surface area contributed by atoms with Crippen LogP contribution in [0.1, 0.15) is 38.5 Å². The van der Waals surface area contributed by atoms with Crippen molar-refractivity contribution in [3.63, 3.8) is 0 Å². The molecule has 2 heterocycles. The number of hydrogen-bond acceptors (Lipinski definition) is 5. The normalized spacial score (nSPS) is 34.1. The summed E-state index contributed by atoms with van der Waals surface area (Å²) in [5.74, 6) is 0.298. The summed E-state index contributed by atoms with van der Waals surface area (Å²) in [6.45, 7) is 3.14. The largest absolute Gasteiger partial charge is 0.389 e. The second kappa shape index (κ2) is 7.92. The van der Waals surface area contributed by atoms with Crippen LogP contribution in [0, 0.1) is 5.92 Å². The molecule has 0 spiro atoms. The summed E-state index contributed by atoms with van der Waals surface area (Å²) in [4.78, 5) is 14.4. The fourth-order valence-corrected chi connectivity index (χ4v) is 4.02. The van der Waals surface area contributed by atoms with Crippen molar-refractivity contribution in [2.24, 2.45) is 5.92 Å². The van der Waals surface area contributed by atoms with E-state index in [0.717, 1.165) is 51.6 Å². The number of carbonyl (C=O) groups is 1. The zero-order valence-electron chi connectivity index (χ0n) is 14.2. The van der Waals surface area contributed by atoms with Gasteiger partial charge in [-0.3, -0.25) is 4.79 Å². The molecule has 0 aromatic carbocycles. The maximum atomic E-state index is 12.1. The monoisotopic (exact) mass is 325 g/mol. The maximum absolute atomic E-state index is 12.1. The Morgan fingerprint density at radius 2 is 1.91 bits per heavy atom. The van der Waals surface area contributed by atoms with Crippen LogP contribution in [0.15, 0.2) is 0 Å². The van der Waals surface area contributed by atoms with Gasteiger partial charge in [0.2, 0.25) is 5.91 Å². The predicted octanol–water partition coefficient (Wildman–Crippen LogP) is 0.105. The quantitative estimate of drug-likeness (QED) is 0.669. The van der Waals surface area contributed by atoms with Crippen LogP contribution in [0.2, 0.25) is 0 Å². The Labute approximate surface area is 138 Å². The molecule has 2 aliphatic heterocycles. The molecule has 3 fully saturated rings. The van der Waals surface area contributed by atoms with Gasteiger partial charge in [0.25, 0.3) is 0 Å². The molecular weight excluding hydrogens is 294 g/mol. The smallest absolute Gasteiger partial charge is 0.223 e.